The number of carbonyl (C=O) groups excluding carboxylic acids is 1. The van der Waals surface area contributed by atoms with E-state index < -0.39 is 0 Å². The molecule has 4 aliphatic heterocycles. The number of halogens is 3. The van der Waals surface area contributed by atoms with Crippen LogP contribution in [0.2, 0.25) is 0 Å². The molecule has 3 fully saturated rings. The van der Waals surface area contributed by atoms with E-state index in [0.717, 1.165) is 55.4 Å². The lowest BCUT2D eigenvalue weighted by Gasteiger charge is -2.56. The Morgan fingerprint density at radius 3 is 2.65 bits per heavy atom. The topological polar surface area (TPSA) is 20.3 Å². The minimum absolute atomic E-state index is 0. The number of hydrogen-bond donors (Lipinski definition) is 0. The van der Waals surface area contributed by atoms with Crippen LogP contribution in [0.4, 0.5) is 0 Å². The fourth-order valence-corrected chi connectivity index (χ4v) is 6.50. The molecular weight excluding hydrogens is 389 g/mol. The maximum absolute atomic E-state index is 13.4. The molecule has 140 valence electrons. The van der Waals surface area contributed by atoms with Gasteiger partial charge in [-0.15, -0.1) is 0 Å². The highest BCUT2D eigenvalue weighted by Crippen LogP contribution is 2.44. The summed E-state index contributed by atoms with van der Waals surface area (Å²) < 4.78 is 0.769. The van der Waals surface area contributed by atoms with Crippen molar-refractivity contribution in [1.82, 2.24) is 4.90 Å². The second kappa shape index (κ2) is 6.88. The van der Waals surface area contributed by atoms with Gasteiger partial charge in [-0.25, -0.2) is 0 Å². The van der Waals surface area contributed by atoms with Crippen molar-refractivity contribution in [2.75, 3.05) is 26.2 Å². The van der Waals surface area contributed by atoms with Crippen LogP contribution in [-0.2, 0) is 6.42 Å². The molecule has 2 bridgehead atoms. The van der Waals surface area contributed by atoms with Crippen molar-refractivity contribution in [3.8, 4) is 0 Å². The maximum Gasteiger partial charge on any atom is 0.623 e. The molecule has 0 spiro atoms. The molecule has 3 nitrogen and oxygen atoms in total. The SMILES string of the molecule is O=C1c2cccc3c2[C@H](CCC3)CN1[C@@H]1C[N+]2(B(Cl)Cl)CCC1CC2.[Cl-]. The van der Waals surface area contributed by atoms with E-state index in [2.05, 4.69) is 17.0 Å². The lowest BCUT2D eigenvalue weighted by molar-refractivity contribution is -0.843. The summed E-state index contributed by atoms with van der Waals surface area (Å²) in [5, 5.41) is 0. The number of piperidine rings is 3. The van der Waals surface area contributed by atoms with Crippen molar-refractivity contribution in [2.24, 2.45) is 5.92 Å². The fourth-order valence-electron chi connectivity index (χ4n) is 5.95. The molecule has 1 aromatic carbocycles. The van der Waals surface area contributed by atoms with Gasteiger partial charge in [-0.2, -0.15) is 0 Å². The van der Waals surface area contributed by atoms with Gasteiger partial charge in [0.05, 0.1) is 25.7 Å². The minimum atomic E-state index is -0.378. The van der Waals surface area contributed by atoms with E-state index in [4.69, 9.17) is 22.9 Å². The normalized spacial score (nSPS) is 34.9. The average molecular weight is 414 g/mol. The van der Waals surface area contributed by atoms with Crippen LogP contribution in [0.25, 0.3) is 0 Å². The number of amides is 1. The summed E-state index contributed by atoms with van der Waals surface area (Å²) in [6.07, 6.45) is 5.85. The van der Waals surface area contributed by atoms with Crippen LogP contribution in [-0.4, -0.2) is 53.1 Å². The first kappa shape index (κ1) is 18.9. The van der Waals surface area contributed by atoms with E-state index in [1.165, 1.54) is 24.0 Å². The van der Waals surface area contributed by atoms with E-state index in [9.17, 15) is 4.79 Å². The molecule has 1 amide bonds. The Bertz CT molecular complexity index is 721. The number of quaternary nitrogens is 1. The van der Waals surface area contributed by atoms with Gasteiger partial charge in [0.2, 0.25) is 0 Å². The molecular formula is C19H24BCl3N2O. The zero-order chi connectivity index (χ0) is 17.2. The molecule has 0 unspecified atom stereocenters. The highest BCUT2D eigenvalue weighted by atomic mass is 35.5. The summed E-state index contributed by atoms with van der Waals surface area (Å²) in [5.41, 5.74) is 3.34. The van der Waals surface area contributed by atoms with Crippen LogP contribution in [0.5, 0.6) is 0 Å². The first-order chi connectivity index (χ1) is 12.1. The van der Waals surface area contributed by atoms with E-state index in [-0.39, 0.29) is 24.0 Å². The van der Waals surface area contributed by atoms with Gasteiger partial charge in [-0.3, -0.25) is 4.79 Å². The first-order valence-electron chi connectivity index (χ1n) is 9.66. The summed E-state index contributed by atoms with van der Waals surface area (Å²) >= 11 is 12.8. The number of fused-ring (bicyclic) bond motifs is 3. The zero-order valence-corrected chi connectivity index (χ0v) is 17.1. The fraction of sp³-hybridized carbons (Fsp3) is 0.632. The van der Waals surface area contributed by atoms with Crippen LogP contribution in [0.3, 0.4) is 0 Å². The third kappa shape index (κ3) is 2.71. The van der Waals surface area contributed by atoms with Gasteiger partial charge in [-0.05, 0) is 55.2 Å². The van der Waals surface area contributed by atoms with Crippen LogP contribution in [0, 0.1) is 5.92 Å². The quantitative estimate of drug-likeness (QED) is 0.652. The number of aryl methyl sites for hydroxylation is 1. The van der Waals surface area contributed by atoms with Gasteiger partial charge >= 0.3 is 5.68 Å². The first-order valence-corrected chi connectivity index (χ1v) is 10.5. The van der Waals surface area contributed by atoms with E-state index in [1.807, 2.05) is 6.07 Å². The average Bonchev–Trinajstić information content (AvgIpc) is 2.65. The summed E-state index contributed by atoms with van der Waals surface area (Å²) in [6.45, 7) is 3.94. The predicted molar refractivity (Wildman–Crippen MR) is 102 cm³/mol. The van der Waals surface area contributed by atoms with Crippen molar-refractivity contribution in [1.29, 1.82) is 0 Å². The summed E-state index contributed by atoms with van der Waals surface area (Å²) in [4.78, 5) is 15.6. The van der Waals surface area contributed by atoms with Gasteiger partial charge in [0.15, 0.2) is 0 Å². The van der Waals surface area contributed by atoms with Crippen molar-refractivity contribution in [3.63, 3.8) is 0 Å². The molecule has 0 saturated carbocycles. The molecule has 7 heteroatoms. The number of rotatable bonds is 2. The lowest BCUT2D eigenvalue weighted by atomic mass is 9.74. The second-order valence-electron chi connectivity index (χ2n) is 8.46. The van der Waals surface area contributed by atoms with Crippen LogP contribution in [0.1, 0.15) is 53.1 Å². The van der Waals surface area contributed by atoms with Crippen LogP contribution < -0.4 is 12.4 Å². The Hall–Kier alpha value is -0.415. The summed E-state index contributed by atoms with van der Waals surface area (Å²) in [5.74, 6) is 1.38. The molecule has 6 rings (SSSR count). The Balaban J connectivity index is 0.00000168. The maximum atomic E-state index is 13.4. The Labute approximate surface area is 171 Å². The molecule has 5 aliphatic rings. The van der Waals surface area contributed by atoms with Crippen molar-refractivity contribution in [2.45, 2.75) is 44.1 Å². The summed E-state index contributed by atoms with van der Waals surface area (Å²) in [6, 6.07) is 6.63. The molecule has 4 heterocycles. The molecule has 0 aromatic heterocycles. The molecule has 1 aromatic rings. The van der Waals surface area contributed by atoms with Gasteiger partial charge in [-0.1, -0.05) is 35.1 Å². The monoisotopic (exact) mass is 412 g/mol. The standard InChI is InChI=1S/C19H24BCl2N2O.ClH/c21-20(22)24-9-7-13(8-10-24)17(12-24)23-11-15-5-1-3-14-4-2-6-16(18(14)15)19(23)25;/h2,4,6,13,15,17H,1,3,5,7-12H2;1H/q+1;/p-1/t13?,15-,17-,24?;/m1./s1. The van der Waals surface area contributed by atoms with Crippen LogP contribution >= 0.6 is 22.9 Å². The smallest absolute Gasteiger partial charge is 0.623 e. The van der Waals surface area contributed by atoms with Crippen molar-refractivity contribution < 1.29 is 21.6 Å². The van der Waals surface area contributed by atoms with E-state index in [0.29, 0.717) is 17.9 Å². The third-order valence-corrected chi connectivity index (χ3v) is 8.14. The Kier molecular flexibility index (Phi) is 5.01. The highest BCUT2D eigenvalue weighted by Gasteiger charge is 2.54. The van der Waals surface area contributed by atoms with Gasteiger partial charge in [0, 0.05) is 18.0 Å². The van der Waals surface area contributed by atoms with Crippen molar-refractivity contribution in [3.05, 3.63) is 34.9 Å². The molecule has 1 aliphatic carbocycles. The van der Waals surface area contributed by atoms with Crippen LogP contribution in [0.15, 0.2) is 18.2 Å². The van der Waals surface area contributed by atoms with E-state index >= 15 is 0 Å². The predicted octanol–water partition coefficient (Wildman–Crippen LogP) is 0.638. The number of hydrogen-bond acceptors (Lipinski definition) is 1. The molecule has 3 saturated heterocycles. The zero-order valence-electron chi connectivity index (χ0n) is 14.8. The number of carbonyl (C=O) groups is 1. The largest absolute Gasteiger partial charge is 1.00 e. The van der Waals surface area contributed by atoms with Gasteiger partial charge in [0.25, 0.3) is 5.91 Å². The third-order valence-electron chi connectivity index (χ3n) is 7.31. The number of benzene rings is 1. The highest BCUT2D eigenvalue weighted by molar-refractivity contribution is 7.30. The molecule has 2 atom stereocenters. The van der Waals surface area contributed by atoms with E-state index in [1.54, 1.807) is 0 Å². The Morgan fingerprint density at radius 1 is 1.15 bits per heavy atom. The second-order valence-corrected chi connectivity index (χ2v) is 9.51. The number of nitrogens with zero attached hydrogens (tertiary/aromatic N) is 2. The molecule has 26 heavy (non-hydrogen) atoms. The lowest BCUT2D eigenvalue weighted by Crippen LogP contribution is -3.00. The molecule has 0 radical (unpaired) electrons. The van der Waals surface area contributed by atoms with Gasteiger partial charge < -0.3 is 21.7 Å². The minimum Gasteiger partial charge on any atom is -1.00 e. The Morgan fingerprint density at radius 2 is 1.92 bits per heavy atom. The van der Waals surface area contributed by atoms with Gasteiger partial charge in [0.1, 0.15) is 0 Å². The molecule has 0 N–H and O–H groups in total. The van der Waals surface area contributed by atoms with Crippen molar-refractivity contribution >= 4 is 34.5 Å². The summed E-state index contributed by atoms with van der Waals surface area (Å²) in [7, 11) is 0.